The topological polar surface area (TPSA) is 63.2 Å². The lowest BCUT2D eigenvalue weighted by atomic mass is 10.1. The molecule has 0 aliphatic heterocycles. The molecule has 20 heavy (non-hydrogen) atoms. The maximum atomic E-state index is 11.9. The molecule has 1 rings (SSSR count). The molecule has 1 N–H and O–H groups in total. The molecule has 0 heterocycles. The first kappa shape index (κ1) is 17.1. The van der Waals surface area contributed by atoms with E-state index in [4.69, 9.17) is 22.3 Å². The fourth-order valence-corrected chi connectivity index (χ4v) is 2.41. The second-order valence-corrected chi connectivity index (χ2v) is 6.67. The molecular formula is C10H8Cl2F3NO3S. The Morgan fingerprint density at radius 1 is 1.30 bits per heavy atom. The summed E-state index contributed by atoms with van der Waals surface area (Å²) in [5.74, 6) is -2.05. The highest BCUT2D eigenvalue weighted by atomic mass is 35.7. The van der Waals surface area contributed by atoms with Crippen LogP contribution in [0.15, 0.2) is 23.1 Å². The minimum absolute atomic E-state index is 0.0171. The van der Waals surface area contributed by atoms with Gasteiger partial charge in [0.1, 0.15) is 0 Å². The molecule has 0 saturated carbocycles. The SMILES string of the molecule is O=C(NCCc1ccc(S(=O)(=O)Cl)cc1Cl)C(F)(F)F. The van der Waals surface area contributed by atoms with Gasteiger partial charge in [-0.25, -0.2) is 8.42 Å². The zero-order valence-electron chi connectivity index (χ0n) is 9.67. The Morgan fingerprint density at radius 2 is 1.90 bits per heavy atom. The van der Waals surface area contributed by atoms with Gasteiger partial charge in [-0.05, 0) is 24.1 Å². The number of rotatable bonds is 4. The van der Waals surface area contributed by atoms with Crippen molar-refractivity contribution in [3.8, 4) is 0 Å². The van der Waals surface area contributed by atoms with Crippen molar-refractivity contribution < 1.29 is 26.4 Å². The first-order valence-corrected chi connectivity index (χ1v) is 7.78. The van der Waals surface area contributed by atoms with E-state index in [9.17, 15) is 26.4 Å². The van der Waals surface area contributed by atoms with Crippen molar-refractivity contribution >= 4 is 37.2 Å². The molecule has 1 aromatic carbocycles. The highest BCUT2D eigenvalue weighted by molar-refractivity contribution is 8.13. The molecule has 1 aromatic rings. The maximum Gasteiger partial charge on any atom is 0.471 e. The van der Waals surface area contributed by atoms with E-state index in [1.165, 1.54) is 12.1 Å². The van der Waals surface area contributed by atoms with Gasteiger partial charge in [-0.2, -0.15) is 13.2 Å². The van der Waals surface area contributed by atoms with E-state index in [0.29, 0.717) is 5.56 Å². The number of hydrogen-bond donors (Lipinski definition) is 1. The smallest absolute Gasteiger partial charge is 0.348 e. The molecule has 0 spiro atoms. The molecule has 0 fully saturated rings. The number of alkyl halides is 3. The van der Waals surface area contributed by atoms with Crippen LogP contribution in [0.3, 0.4) is 0 Å². The highest BCUT2D eigenvalue weighted by Crippen LogP contribution is 2.23. The van der Waals surface area contributed by atoms with Crippen LogP contribution in [0.1, 0.15) is 5.56 Å². The molecule has 0 saturated heterocycles. The molecule has 0 aromatic heterocycles. The van der Waals surface area contributed by atoms with Crippen molar-refractivity contribution in [2.75, 3.05) is 6.54 Å². The third-order valence-electron chi connectivity index (χ3n) is 2.24. The van der Waals surface area contributed by atoms with Crippen LogP contribution in [0.2, 0.25) is 5.02 Å². The zero-order valence-corrected chi connectivity index (χ0v) is 12.0. The van der Waals surface area contributed by atoms with Gasteiger partial charge in [0.15, 0.2) is 0 Å². The summed E-state index contributed by atoms with van der Waals surface area (Å²) >= 11 is 5.78. The number of nitrogens with one attached hydrogen (secondary N) is 1. The van der Waals surface area contributed by atoms with Crippen molar-refractivity contribution in [2.24, 2.45) is 0 Å². The summed E-state index contributed by atoms with van der Waals surface area (Å²) in [6.07, 6.45) is -4.93. The van der Waals surface area contributed by atoms with E-state index in [1.54, 1.807) is 5.32 Å². The van der Waals surface area contributed by atoms with E-state index in [-0.39, 0.29) is 22.9 Å². The zero-order chi connectivity index (χ0) is 15.6. The average Bonchev–Trinajstić information content (AvgIpc) is 2.28. The fraction of sp³-hybridized carbons (Fsp3) is 0.300. The molecule has 0 radical (unpaired) electrons. The molecule has 0 aliphatic carbocycles. The number of carbonyl (C=O) groups excluding carboxylic acids is 1. The van der Waals surface area contributed by atoms with Crippen LogP contribution in [0.5, 0.6) is 0 Å². The van der Waals surface area contributed by atoms with Crippen LogP contribution in [0.4, 0.5) is 13.2 Å². The fourth-order valence-electron chi connectivity index (χ4n) is 1.29. The van der Waals surface area contributed by atoms with E-state index < -0.39 is 21.1 Å². The summed E-state index contributed by atoms with van der Waals surface area (Å²) in [7, 11) is 1.18. The van der Waals surface area contributed by atoms with Gasteiger partial charge in [0.25, 0.3) is 9.05 Å². The third kappa shape index (κ3) is 4.84. The van der Waals surface area contributed by atoms with Crippen LogP contribution in [0.25, 0.3) is 0 Å². The van der Waals surface area contributed by atoms with Crippen LogP contribution in [0, 0.1) is 0 Å². The molecule has 4 nitrogen and oxygen atoms in total. The number of amides is 1. The Balaban J connectivity index is 2.69. The third-order valence-corrected chi connectivity index (χ3v) is 3.95. The second kappa shape index (κ2) is 6.19. The van der Waals surface area contributed by atoms with Gasteiger partial charge in [-0.1, -0.05) is 17.7 Å². The van der Waals surface area contributed by atoms with Crippen molar-refractivity contribution in [1.82, 2.24) is 5.32 Å². The van der Waals surface area contributed by atoms with Crippen LogP contribution in [-0.4, -0.2) is 27.0 Å². The predicted molar refractivity (Wildman–Crippen MR) is 67.3 cm³/mol. The van der Waals surface area contributed by atoms with Gasteiger partial charge >= 0.3 is 12.1 Å². The Bertz CT molecular complexity index is 617. The van der Waals surface area contributed by atoms with Crippen molar-refractivity contribution in [2.45, 2.75) is 17.5 Å². The standard InChI is InChI=1S/C10H8Cl2F3NO3S/c11-8-5-7(20(12,18)19)2-1-6(8)3-4-16-9(17)10(13,14)15/h1-2,5H,3-4H2,(H,16,17). The van der Waals surface area contributed by atoms with Crippen molar-refractivity contribution in [3.63, 3.8) is 0 Å². The summed E-state index contributed by atoms with van der Waals surface area (Å²) in [5, 5.41) is 1.71. The maximum absolute atomic E-state index is 11.9. The molecule has 1 amide bonds. The first-order valence-electron chi connectivity index (χ1n) is 5.10. The van der Waals surface area contributed by atoms with Crippen LogP contribution in [-0.2, 0) is 20.3 Å². The van der Waals surface area contributed by atoms with E-state index in [1.807, 2.05) is 0 Å². The quantitative estimate of drug-likeness (QED) is 0.849. The van der Waals surface area contributed by atoms with Gasteiger partial charge in [0.2, 0.25) is 0 Å². The lowest BCUT2D eigenvalue weighted by molar-refractivity contribution is -0.173. The number of carbonyl (C=O) groups is 1. The Kier molecular flexibility index (Phi) is 5.28. The molecule has 0 bridgehead atoms. The minimum atomic E-state index is -4.94. The lowest BCUT2D eigenvalue weighted by Gasteiger charge is -2.09. The molecule has 0 atom stereocenters. The second-order valence-electron chi connectivity index (χ2n) is 3.69. The van der Waals surface area contributed by atoms with E-state index in [0.717, 1.165) is 6.07 Å². The van der Waals surface area contributed by atoms with Crippen LogP contribution < -0.4 is 5.32 Å². The number of hydrogen-bond acceptors (Lipinski definition) is 3. The van der Waals surface area contributed by atoms with Crippen LogP contribution >= 0.6 is 22.3 Å². The largest absolute Gasteiger partial charge is 0.471 e. The van der Waals surface area contributed by atoms with Gasteiger partial charge in [-0.15, -0.1) is 0 Å². The Morgan fingerprint density at radius 3 is 2.35 bits per heavy atom. The molecular weight excluding hydrogens is 342 g/mol. The monoisotopic (exact) mass is 349 g/mol. The number of halogens is 5. The van der Waals surface area contributed by atoms with Gasteiger partial charge in [0.05, 0.1) is 4.90 Å². The Hall–Kier alpha value is -0.990. The average molecular weight is 350 g/mol. The van der Waals surface area contributed by atoms with Gasteiger partial charge in [0, 0.05) is 22.2 Å². The Labute approximate surface area is 122 Å². The number of benzene rings is 1. The molecule has 0 unspecified atom stereocenters. The molecule has 112 valence electrons. The molecule has 10 heteroatoms. The van der Waals surface area contributed by atoms with E-state index >= 15 is 0 Å². The normalized spacial score (nSPS) is 12.2. The van der Waals surface area contributed by atoms with Crippen molar-refractivity contribution in [3.05, 3.63) is 28.8 Å². The summed E-state index contributed by atoms with van der Waals surface area (Å²) < 4.78 is 57.8. The summed E-state index contributed by atoms with van der Waals surface area (Å²) in [5.41, 5.74) is 0.387. The van der Waals surface area contributed by atoms with Gasteiger partial charge < -0.3 is 5.32 Å². The van der Waals surface area contributed by atoms with E-state index in [2.05, 4.69) is 0 Å². The lowest BCUT2D eigenvalue weighted by Crippen LogP contribution is -2.37. The molecule has 0 aliphatic rings. The summed E-state index contributed by atoms with van der Waals surface area (Å²) in [6, 6.07) is 3.58. The first-order chi connectivity index (χ1) is 9.01. The van der Waals surface area contributed by atoms with Gasteiger partial charge in [-0.3, -0.25) is 4.79 Å². The minimum Gasteiger partial charge on any atom is -0.348 e. The predicted octanol–water partition coefficient (Wildman–Crippen LogP) is 2.49. The summed E-state index contributed by atoms with van der Waals surface area (Å²) in [6.45, 7) is -0.287. The summed E-state index contributed by atoms with van der Waals surface area (Å²) in [4.78, 5) is 10.3. The van der Waals surface area contributed by atoms with Crippen molar-refractivity contribution in [1.29, 1.82) is 0 Å². The highest BCUT2D eigenvalue weighted by Gasteiger charge is 2.38.